The second-order valence-electron chi connectivity index (χ2n) is 6.29. The third-order valence-corrected chi connectivity index (χ3v) is 5.42. The minimum Gasteiger partial charge on any atom is -0.370 e. The molecule has 0 spiro atoms. The van der Waals surface area contributed by atoms with Gasteiger partial charge in [0, 0.05) is 23.0 Å². The van der Waals surface area contributed by atoms with Crippen molar-refractivity contribution in [2.45, 2.75) is 37.8 Å². The molecule has 0 radical (unpaired) electrons. The van der Waals surface area contributed by atoms with Gasteiger partial charge < -0.3 is 15.4 Å². The van der Waals surface area contributed by atoms with Gasteiger partial charge in [-0.15, -0.1) is 0 Å². The van der Waals surface area contributed by atoms with Crippen molar-refractivity contribution < 1.29 is 9.53 Å². The van der Waals surface area contributed by atoms with E-state index in [0.29, 0.717) is 19.7 Å². The Balaban J connectivity index is 1.68. The Labute approximate surface area is 140 Å². The largest absolute Gasteiger partial charge is 0.370 e. The van der Waals surface area contributed by atoms with E-state index in [2.05, 4.69) is 22.0 Å². The van der Waals surface area contributed by atoms with E-state index in [1.165, 1.54) is 0 Å². The van der Waals surface area contributed by atoms with E-state index in [9.17, 15) is 4.79 Å². The Morgan fingerprint density at radius 2 is 2.14 bits per heavy atom. The van der Waals surface area contributed by atoms with E-state index >= 15 is 0 Å². The molecule has 4 nitrogen and oxygen atoms in total. The molecule has 22 heavy (non-hydrogen) atoms. The minimum absolute atomic E-state index is 0.0504. The molecule has 0 bridgehead atoms. The standard InChI is InChI=1S/C17H23BrN2O2/c18-15-7-2-1-6-14(15)16-11-20(8-9-22-16)17(21)12-4-3-5-13(19)10-12/h1-2,6-7,12-13,16H,3-5,8-11,19H2/t12-,13+,16+/m0/s1. The summed E-state index contributed by atoms with van der Waals surface area (Å²) in [6.07, 6.45) is 3.87. The molecule has 2 fully saturated rings. The summed E-state index contributed by atoms with van der Waals surface area (Å²) >= 11 is 3.57. The molecule has 1 saturated heterocycles. The molecule has 3 atom stereocenters. The Bertz CT molecular complexity index is 537. The first kappa shape index (κ1) is 16.0. The Morgan fingerprint density at radius 3 is 2.91 bits per heavy atom. The monoisotopic (exact) mass is 366 g/mol. The average molecular weight is 367 g/mol. The van der Waals surface area contributed by atoms with E-state index in [1.807, 2.05) is 23.1 Å². The number of morpholine rings is 1. The Kier molecular flexibility index (Phi) is 5.16. The Morgan fingerprint density at radius 1 is 1.32 bits per heavy atom. The average Bonchev–Trinajstić information content (AvgIpc) is 2.55. The molecule has 0 unspecified atom stereocenters. The fourth-order valence-electron chi connectivity index (χ4n) is 3.48. The molecule has 1 heterocycles. The number of amides is 1. The van der Waals surface area contributed by atoms with Crippen LogP contribution in [0.5, 0.6) is 0 Å². The first-order valence-corrected chi connectivity index (χ1v) is 8.85. The number of rotatable bonds is 2. The second kappa shape index (κ2) is 7.11. The molecule has 5 heteroatoms. The summed E-state index contributed by atoms with van der Waals surface area (Å²) in [5.74, 6) is 0.359. The molecule has 2 aliphatic rings. The summed E-state index contributed by atoms with van der Waals surface area (Å²) in [4.78, 5) is 14.7. The maximum atomic E-state index is 12.8. The number of hydrogen-bond donors (Lipinski definition) is 1. The normalized spacial score (nSPS) is 29.4. The summed E-state index contributed by atoms with van der Waals surface area (Å²) in [6, 6.07) is 8.24. The van der Waals surface area contributed by atoms with Crippen LogP contribution in [0, 0.1) is 5.92 Å². The van der Waals surface area contributed by atoms with Gasteiger partial charge in [0.2, 0.25) is 5.91 Å². The molecular formula is C17H23BrN2O2. The van der Waals surface area contributed by atoms with Crippen LogP contribution in [0.25, 0.3) is 0 Å². The lowest BCUT2D eigenvalue weighted by molar-refractivity contribution is -0.144. The van der Waals surface area contributed by atoms with Crippen LogP contribution in [-0.2, 0) is 9.53 Å². The predicted molar refractivity (Wildman–Crippen MR) is 89.3 cm³/mol. The van der Waals surface area contributed by atoms with Crippen molar-refractivity contribution in [2.75, 3.05) is 19.7 Å². The number of carbonyl (C=O) groups excluding carboxylic acids is 1. The lowest BCUT2D eigenvalue weighted by atomic mass is 9.85. The summed E-state index contributed by atoms with van der Waals surface area (Å²) in [6.45, 7) is 1.91. The van der Waals surface area contributed by atoms with Crippen LogP contribution in [0.3, 0.4) is 0 Å². The minimum atomic E-state index is -0.0504. The summed E-state index contributed by atoms with van der Waals surface area (Å²) in [5, 5.41) is 0. The van der Waals surface area contributed by atoms with Gasteiger partial charge >= 0.3 is 0 Å². The first-order valence-electron chi connectivity index (χ1n) is 8.05. The zero-order valence-electron chi connectivity index (χ0n) is 12.7. The number of halogens is 1. The van der Waals surface area contributed by atoms with Crippen molar-refractivity contribution >= 4 is 21.8 Å². The van der Waals surface area contributed by atoms with Crippen LogP contribution in [0.4, 0.5) is 0 Å². The topological polar surface area (TPSA) is 55.6 Å². The maximum absolute atomic E-state index is 12.8. The van der Waals surface area contributed by atoms with E-state index in [0.717, 1.165) is 35.7 Å². The van der Waals surface area contributed by atoms with Crippen LogP contribution in [0.2, 0.25) is 0 Å². The highest BCUT2D eigenvalue weighted by Gasteiger charge is 2.32. The number of nitrogens with two attached hydrogens (primary N) is 1. The van der Waals surface area contributed by atoms with Gasteiger partial charge in [0.25, 0.3) is 0 Å². The molecule has 1 aliphatic heterocycles. The van der Waals surface area contributed by atoms with Gasteiger partial charge in [-0.2, -0.15) is 0 Å². The SMILES string of the molecule is N[C@@H]1CCC[C@H](C(=O)N2CCO[C@@H](c3ccccc3Br)C2)C1. The van der Waals surface area contributed by atoms with Gasteiger partial charge in [0.15, 0.2) is 0 Å². The van der Waals surface area contributed by atoms with Crippen molar-refractivity contribution in [3.8, 4) is 0 Å². The van der Waals surface area contributed by atoms with Crippen molar-refractivity contribution in [3.05, 3.63) is 34.3 Å². The van der Waals surface area contributed by atoms with Gasteiger partial charge in [-0.3, -0.25) is 4.79 Å². The lowest BCUT2D eigenvalue weighted by Crippen LogP contribution is -2.46. The fourth-order valence-corrected chi connectivity index (χ4v) is 4.02. The molecule has 1 aromatic rings. The highest BCUT2D eigenvalue weighted by atomic mass is 79.9. The number of nitrogens with zero attached hydrogens (tertiary/aromatic N) is 1. The maximum Gasteiger partial charge on any atom is 0.225 e. The number of ether oxygens (including phenoxy) is 1. The van der Waals surface area contributed by atoms with Crippen LogP contribution >= 0.6 is 15.9 Å². The van der Waals surface area contributed by atoms with E-state index in [4.69, 9.17) is 10.5 Å². The smallest absolute Gasteiger partial charge is 0.225 e. The predicted octanol–water partition coefficient (Wildman–Crippen LogP) is 2.87. The van der Waals surface area contributed by atoms with E-state index < -0.39 is 0 Å². The van der Waals surface area contributed by atoms with Gasteiger partial charge in [-0.25, -0.2) is 0 Å². The van der Waals surface area contributed by atoms with Gasteiger partial charge in [-0.05, 0) is 30.9 Å². The molecule has 2 N–H and O–H groups in total. The molecule has 0 aromatic heterocycles. The van der Waals surface area contributed by atoms with Crippen molar-refractivity contribution in [1.29, 1.82) is 0 Å². The Hall–Kier alpha value is -0.910. The van der Waals surface area contributed by atoms with Crippen LogP contribution in [0.15, 0.2) is 28.7 Å². The molecule has 120 valence electrons. The molecule has 1 aliphatic carbocycles. The number of carbonyl (C=O) groups is 1. The number of benzene rings is 1. The zero-order chi connectivity index (χ0) is 15.5. The van der Waals surface area contributed by atoms with E-state index in [1.54, 1.807) is 0 Å². The van der Waals surface area contributed by atoms with Gasteiger partial charge in [-0.1, -0.05) is 40.5 Å². The number of hydrogen-bond acceptors (Lipinski definition) is 3. The molecule has 1 saturated carbocycles. The zero-order valence-corrected chi connectivity index (χ0v) is 14.3. The van der Waals surface area contributed by atoms with Gasteiger partial charge in [0.05, 0.1) is 13.2 Å². The molecule has 1 aromatic carbocycles. The second-order valence-corrected chi connectivity index (χ2v) is 7.14. The quantitative estimate of drug-likeness (QED) is 0.875. The summed E-state index contributed by atoms with van der Waals surface area (Å²) in [7, 11) is 0. The highest BCUT2D eigenvalue weighted by molar-refractivity contribution is 9.10. The van der Waals surface area contributed by atoms with Crippen molar-refractivity contribution in [2.24, 2.45) is 11.7 Å². The summed E-state index contributed by atoms with van der Waals surface area (Å²) in [5.41, 5.74) is 7.14. The fraction of sp³-hybridized carbons (Fsp3) is 0.588. The van der Waals surface area contributed by atoms with Crippen molar-refractivity contribution in [1.82, 2.24) is 4.90 Å². The first-order chi connectivity index (χ1) is 10.6. The molecule has 1 amide bonds. The van der Waals surface area contributed by atoms with Crippen LogP contribution in [-0.4, -0.2) is 36.5 Å². The van der Waals surface area contributed by atoms with Gasteiger partial charge in [0.1, 0.15) is 6.10 Å². The van der Waals surface area contributed by atoms with Crippen molar-refractivity contribution in [3.63, 3.8) is 0 Å². The lowest BCUT2D eigenvalue weighted by Gasteiger charge is -2.37. The highest BCUT2D eigenvalue weighted by Crippen LogP contribution is 2.31. The van der Waals surface area contributed by atoms with E-state index in [-0.39, 0.29) is 24.0 Å². The third-order valence-electron chi connectivity index (χ3n) is 4.69. The molecular weight excluding hydrogens is 344 g/mol. The molecule has 3 rings (SSSR count). The van der Waals surface area contributed by atoms with Crippen LogP contribution in [0.1, 0.15) is 37.4 Å². The summed E-state index contributed by atoms with van der Waals surface area (Å²) < 4.78 is 6.92. The third kappa shape index (κ3) is 3.53. The van der Waals surface area contributed by atoms with Crippen LogP contribution < -0.4 is 5.73 Å².